The summed E-state index contributed by atoms with van der Waals surface area (Å²) in [6, 6.07) is 15.4. The predicted octanol–water partition coefficient (Wildman–Crippen LogP) is 3.90. The number of hydrogen-bond acceptors (Lipinski definition) is 4. The van der Waals surface area contributed by atoms with Gasteiger partial charge in [0.2, 0.25) is 6.23 Å². The molecule has 0 fully saturated rings. The van der Waals surface area contributed by atoms with E-state index in [9.17, 15) is 14.9 Å². The van der Waals surface area contributed by atoms with Gasteiger partial charge in [-0.05, 0) is 26.0 Å². The van der Waals surface area contributed by atoms with Crippen molar-refractivity contribution in [2.75, 3.05) is 0 Å². The number of carbonyl (C=O) groups is 1. The average Bonchev–Trinajstić information content (AvgIpc) is 2.61. The normalized spacial score (nSPS) is 17.2. The molecule has 0 spiro atoms. The van der Waals surface area contributed by atoms with E-state index in [-0.39, 0.29) is 17.6 Å². The number of hydrogen-bond donors (Lipinski definition) is 0. The number of non-ortho nitro benzene ring substituents is 1. The standard InChI is InChI=1S/C19H18N2O4/c1-13(2)20-18(22)12-17(14-6-4-3-5-7-14)25-19(20)15-8-10-16(11-9-15)21(23)24/h3-13,19H,1-2H3. The van der Waals surface area contributed by atoms with Crippen LogP contribution < -0.4 is 0 Å². The molecule has 1 aliphatic rings. The second-order valence-electron chi connectivity index (χ2n) is 6.03. The van der Waals surface area contributed by atoms with Gasteiger partial charge in [0, 0.05) is 35.4 Å². The fourth-order valence-electron chi connectivity index (χ4n) is 2.78. The minimum absolute atomic E-state index is 0.000748. The summed E-state index contributed by atoms with van der Waals surface area (Å²) in [6.45, 7) is 3.81. The summed E-state index contributed by atoms with van der Waals surface area (Å²) in [4.78, 5) is 24.7. The van der Waals surface area contributed by atoms with E-state index in [1.165, 1.54) is 18.2 Å². The van der Waals surface area contributed by atoms with Crippen LogP contribution in [0, 0.1) is 10.1 Å². The third kappa shape index (κ3) is 3.38. The van der Waals surface area contributed by atoms with Crippen LogP contribution in [0.2, 0.25) is 0 Å². The van der Waals surface area contributed by atoms with Gasteiger partial charge in [-0.15, -0.1) is 0 Å². The quantitative estimate of drug-likeness (QED) is 0.626. The number of nitro groups is 1. The van der Waals surface area contributed by atoms with E-state index in [4.69, 9.17) is 4.74 Å². The highest BCUT2D eigenvalue weighted by atomic mass is 16.6. The van der Waals surface area contributed by atoms with E-state index in [1.54, 1.807) is 17.0 Å². The molecule has 6 heteroatoms. The Morgan fingerprint density at radius 1 is 1.08 bits per heavy atom. The molecule has 0 aromatic heterocycles. The molecule has 2 aromatic carbocycles. The summed E-state index contributed by atoms with van der Waals surface area (Å²) in [5.74, 6) is 0.342. The lowest BCUT2D eigenvalue weighted by molar-refractivity contribution is -0.384. The molecule has 0 aliphatic carbocycles. The number of nitro benzene ring substituents is 1. The van der Waals surface area contributed by atoms with Crippen molar-refractivity contribution >= 4 is 17.4 Å². The molecule has 128 valence electrons. The van der Waals surface area contributed by atoms with E-state index in [0.29, 0.717) is 11.3 Å². The second kappa shape index (κ2) is 6.76. The maximum atomic E-state index is 12.6. The fraction of sp³-hybridized carbons (Fsp3) is 0.211. The Morgan fingerprint density at radius 2 is 1.72 bits per heavy atom. The monoisotopic (exact) mass is 338 g/mol. The molecule has 1 unspecified atom stereocenters. The molecule has 1 heterocycles. The molecular formula is C19H18N2O4. The first-order valence-electron chi connectivity index (χ1n) is 7.98. The zero-order chi connectivity index (χ0) is 18.0. The first-order valence-corrected chi connectivity index (χ1v) is 7.98. The van der Waals surface area contributed by atoms with Crippen molar-refractivity contribution in [3.63, 3.8) is 0 Å². The number of amides is 1. The summed E-state index contributed by atoms with van der Waals surface area (Å²) in [6.07, 6.45) is 0.852. The van der Waals surface area contributed by atoms with Gasteiger partial charge in [-0.2, -0.15) is 0 Å². The summed E-state index contributed by atoms with van der Waals surface area (Å²) < 4.78 is 6.10. The highest BCUT2D eigenvalue weighted by Gasteiger charge is 2.33. The fourth-order valence-corrected chi connectivity index (χ4v) is 2.78. The molecule has 0 N–H and O–H groups in total. The highest BCUT2D eigenvalue weighted by molar-refractivity contribution is 5.95. The largest absolute Gasteiger partial charge is 0.465 e. The van der Waals surface area contributed by atoms with Gasteiger partial charge >= 0.3 is 0 Å². The van der Waals surface area contributed by atoms with Crippen LogP contribution in [0.3, 0.4) is 0 Å². The van der Waals surface area contributed by atoms with Crippen LogP contribution in [-0.2, 0) is 9.53 Å². The maximum absolute atomic E-state index is 12.6. The van der Waals surface area contributed by atoms with Gasteiger partial charge in [0.15, 0.2) is 0 Å². The third-order valence-corrected chi connectivity index (χ3v) is 4.00. The summed E-state index contributed by atoms with van der Waals surface area (Å²) in [5, 5.41) is 10.9. The number of benzene rings is 2. The molecule has 0 radical (unpaired) electrons. The Labute approximate surface area is 145 Å². The Balaban J connectivity index is 1.99. The van der Waals surface area contributed by atoms with Gasteiger partial charge in [-0.1, -0.05) is 30.3 Å². The van der Waals surface area contributed by atoms with Crippen LogP contribution in [0.1, 0.15) is 31.2 Å². The second-order valence-corrected chi connectivity index (χ2v) is 6.03. The minimum Gasteiger partial charge on any atom is -0.465 e. The van der Waals surface area contributed by atoms with Crippen molar-refractivity contribution in [1.29, 1.82) is 0 Å². The summed E-state index contributed by atoms with van der Waals surface area (Å²) in [7, 11) is 0. The maximum Gasteiger partial charge on any atom is 0.269 e. The number of ether oxygens (including phenoxy) is 1. The smallest absolute Gasteiger partial charge is 0.269 e. The molecule has 0 bridgehead atoms. The van der Waals surface area contributed by atoms with Crippen molar-refractivity contribution in [3.8, 4) is 0 Å². The molecule has 1 atom stereocenters. The van der Waals surface area contributed by atoms with E-state index in [2.05, 4.69) is 0 Å². The van der Waals surface area contributed by atoms with Crippen LogP contribution in [0.25, 0.3) is 5.76 Å². The van der Waals surface area contributed by atoms with E-state index < -0.39 is 11.2 Å². The SMILES string of the molecule is CC(C)N1C(=O)C=C(c2ccccc2)OC1c1ccc([N+](=O)[O-])cc1. The molecular weight excluding hydrogens is 320 g/mol. The molecule has 2 aromatic rings. The molecule has 6 nitrogen and oxygen atoms in total. The first-order chi connectivity index (χ1) is 12.0. The van der Waals surface area contributed by atoms with Crippen LogP contribution >= 0.6 is 0 Å². The van der Waals surface area contributed by atoms with Crippen molar-refractivity contribution in [1.82, 2.24) is 4.90 Å². The van der Waals surface area contributed by atoms with Crippen LogP contribution in [-0.4, -0.2) is 21.8 Å². The minimum atomic E-state index is -0.631. The Bertz CT molecular complexity index is 813. The van der Waals surface area contributed by atoms with Crippen molar-refractivity contribution < 1.29 is 14.5 Å². The lowest BCUT2D eigenvalue weighted by atomic mass is 10.1. The zero-order valence-corrected chi connectivity index (χ0v) is 14.0. The average molecular weight is 338 g/mol. The van der Waals surface area contributed by atoms with Crippen molar-refractivity contribution in [3.05, 3.63) is 81.9 Å². The van der Waals surface area contributed by atoms with E-state index >= 15 is 0 Å². The van der Waals surface area contributed by atoms with E-state index in [1.807, 2.05) is 44.2 Å². The summed E-state index contributed by atoms with van der Waals surface area (Å²) >= 11 is 0. The molecule has 1 aliphatic heterocycles. The number of carbonyl (C=O) groups excluding carboxylic acids is 1. The van der Waals surface area contributed by atoms with Crippen LogP contribution in [0.5, 0.6) is 0 Å². The third-order valence-electron chi connectivity index (χ3n) is 4.00. The molecule has 0 saturated heterocycles. The topological polar surface area (TPSA) is 72.7 Å². The van der Waals surface area contributed by atoms with Gasteiger partial charge in [-0.3, -0.25) is 19.8 Å². The van der Waals surface area contributed by atoms with Crippen LogP contribution in [0.15, 0.2) is 60.7 Å². The zero-order valence-electron chi connectivity index (χ0n) is 14.0. The predicted molar refractivity (Wildman–Crippen MR) is 93.3 cm³/mol. The lowest BCUT2D eigenvalue weighted by Gasteiger charge is -2.38. The van der Waals surface area contributed by atoms with Gasteiger partial charge < -0.3 is 4.74 Å². The van der Waals surface area contributed by atoms with Crippen LogP contribution in [0.4, 0.5) is 5.69 Å². The molecule has 3 rings (SSSR count). The van der Waals surface area contributed by atoms with Gasteiger partial charge in [0.1, 0.15) is 5.76 Å². The van der Waals surface area contributed by atoms with Crippen molar-refractivity contribution in [2.45, 2.75) is 26.1 Å². The highest BCUT2D eigenvalue weighted by Crippen LogP contribution is 2.35. The lowest BCUT2D eigenvalue weighted by Crippen LogP contribution is -2.42. The number of nitrogens with zero attached hydrogens (tertiary/aromatic N) is 2. The molecule has 1 amide bonds. The molecule has 0 saturated carbocycles. The van der Waals surface area contributed by atoms with Gasteiger partial charge in [-0.25, -0.2) is 0 Å². The Kier molecular flexibility index (Phi) is 4.52. The molecule has 25 heavy (non-hydrogen) atoms. The first kappa shape index (κ1) is 16.7. The Hall–Kier alpha value is -3.15. The Morgan fingerprint density at radius 3 is 2.28 bits per heavy atom. The summed E-state index contributed by atoms with van der Waals surface area (Å²) in [5.41, 5.74) is 1.50. The number of rotatable bonds is 4. The van der Waals surface area contributed by atoms with E-state index in [0.717, 1.165) is 5.56 Å². The van der Waals surface area contributed by atoms with Gasteiger partial charge in [0.05, 0.1) is 4.92 Å². The van der Waals surface area contributed by atoms with Gasteiger partial charge in [0.25, 0.3) is 11.6 Å². The van der Waals surface area contributed by atoms with Crippen molar-refractivity contribution in [2.24, 2.45) is 0 Å².